The van der Waals surface area contributed by atoms with Gasteiger partial charge in [-0.15, -0.1) is 0 Å². The summed E-state index contributed by atoms with van der Waals surface area (Å²) in [5.41, 5.74) is 8.06. The van der Waals surface area contributed by atoms with E-state index in [0.29, 0.717) is 16.9 Å². The molecule has 1 amide bonds. The molecular weight excluding hydrogens is 269 g/mol. The van der Waals surface area contributed by atoms with Gasteiger partial charge in [0.2, 0.25) is 5.91 Å². The van der Waals surface area contributed by atoms with Gasteiger partial charge in [0.1, 0.15) is 5.82 Å². The fourth-order valence-corrected chi connectivity index (χ4v) is 1.96. The van der Waals surface area contributed by atoms with E-state index in [-0.39, 0.29) is 24.2 Å². The molecule has 0 saturated heterocycles. The lowest BCUT2D eigenvalue weighted by Crippen LogP contribution is -2.28. The fraction of sp³-hybridized carbons (Fsp3) is 0.250. The number of hydrogen-bond acceptors (Lipinski definition) is 3. The molecule has 3 N–H and O–H groups in total. The quantitative estimate of drug-likeness (QED) is 0.908. The highest BCUT2D eigenvalue weighted by Crippen LogP contribution is 2.16. The van der Waals surface area contributed by atoms with E-state index in [2.05, 4.69) is 10.3 Å². The summed E-state index contributed by atoms with van der Waals surface area (Å²) in [5.74, 6) is -0.436. The monoisotopic (exact) mass is 287 g/mol. The Hall–Kier alpha value is -2.43. The molecule has 1 unspecified atom stereocenters. The molecule has 21 heavy (non-hydrogen) atoms. The summed E-state index contributed by atoms with van der Waals surface area (Å²) >= 11 is 0. The third-order valence-electron chi connectivity index (χ3n) is 3.26. The highest BCUT2D eigenvalue weighted by atomic mass is 19.1. The zero-order chi connectivity index (χ0) is 15.4. The van der Waals surface area contributed by atoms with Crippen molar-refractivity contribution in [2.45, 2.75) is 26.3 Å². The van der Waals surface area contributed by atoms with Gasteiger partial charge in [-0.1, -0.05) is 12.1 Å². The molecule has 0 aliphatic rings. The number of hydrogen-bond donors (Lipinski definition) is 2. The summed E-state index contributed by atoms with van der Waals surface area (Å²) in [6, 6.07) is 8.11. The normalized spacial score (nSPS) is 12.0. The summed E-state index contributed by atoms with van der Waals surface area (Å²) < 4.78 is 13.5. The lowest BCUT2D eigenvalue weighted by atomic mass is 10.1. The molecule has 2 aromatic rings. The summed E-state index contributed by atoms with van der Waals surface area (Å²) in [6.07, 6.45) is 1.68. The maximum atomic E-state index is 13.5. The van der Waals surface area contributed by atoms with E-state index in [1.165, 1.54) is 12.3 Å². The van der Waals surface area contributed by atoms with Gasteiger partial charge in [-0.3, -0.25) is 9.78 Å². The van der Waals surface area contributed by atoms with E-state index in [1.54, 1.807) is 25.1 Å². The van der Waals surface area contributed by atoms with Crippen LogP contribution >= 0.6 is 0 Å². The number of carbonyl (C=O) groups excluding carboxylic acids is 1. The first-order valence-corrected chi connectivity index (χ1v) is 6.71. The molecule has 110 valence electrons. The second-order valence-corrected chi connectivity index (χ2v) is 5.06. The Labute approximate surface area is 123 Å². The first-order chi connectivity index (χ1) is 9.95. The van der Waals surface area contributed by atoms with Crippen LogP contribution in [-0.4, -0.2) is 10.9 Å². The molecular formula is C16H18FN3O. The van der Waals surface area contributed by atoms with E-state index in [0.717, 1.165) is 5.56 Å². The molecule has 5 heteroatoms. The number of pyridine rings is 1. The second-order valence-electron chi connectivity index (χ2n) is 5.06. The van der Waals surface area contributed by atoms with Crippen molar-refractivity contribution in [3.63, 3.8) is 0 Å². The van der Waals surface area contributed by atoms with Crippen molar-refractivity contribution < 1.29 is 9.18 Å². The molecule has 0 aliphatic heterocycles. The number of nitrogens with two attached hydrogens (primary N) is 1. The summed E-state index contributed by atoms with van der Waals surface area (Å²) in [5, 5.41) is 2.83. The van der Waals surface area contributed by atoms with Gasteiger partial charge in [-0.2, -0.15) is 0 Å². The summed E-state index contributed by atoms with van der Waals surface area (Å²) in [6.45, 7) is 3.52. The molecule has 0 spiro atoms. The van der Waals surface area contributed by atoms with Gasteiger partial charge >= 0.3 is 0 Å². The van der Waals surface area contributed by atoms with Crippen molar-refractivity contribution in [3.05, 3.63) is 59.2 Å². The zero-order valence-corrected chi connectivity index (χ0v) is 12.1. The molecule has 2 rings (SSSR count). The molecule has 1 aromatic heterocycles. The largest absolute Gasteiger partial charge is 0.397 e. The van der Waals surface area contributed by atoms with Crippen LogP contribution < -0.4 is 11.1 Å². The average Bonchev–Trinajstić information content (AvgIpc) is 2.44. The number of nitrogens with zero attached hydrogens (tertiary/aromatic N) is 1. The van der Waals surface area contributed by atoms with E-state index >= 15 is 0 Å². The Bertz CT molecular complexity index is 640. The number of aryl methyl sites for hydroxylation is 1. The standard InChI is InChI=1S/C16H18FN3O/c1-10-3-4-12(7-15(10)17)11(2)20-16(21)8-14-6-5-13(18)9-19-14/h3-7,9,11H,8,18H2,1-2H3,(H,20,21). The summed E-state index contributed by atoms with van der Waals surface area (Å²) in [7, 11) is 0. The molecule has 0 fully saturated rings. The lowest BCUT2D eigenvalue weighted by molar-refractivity contribution is -0.121. The van der Waals surface area contributed by atoms with Crippen molar-refractivity contribution >= 4 is 11.6 Å². The Morgan fingerprint density at radius 1 is 1.38 bits per heavy atom. The number of rotatable bonds is 4. The van der Waals surface area contributed by atoms with Gasteiger partial charge in [-0.25, -0.2) is 4.39 Å². The number of nitrogens with one attached hydrogen (secondary N) is 1. The van der Waals surface area contributed by atoms with Crippen LogP contribution in [0.15, 0.2) is 36.5 Å². The fourth-order valence-electron chi connectivity index (χ4n) is 1.96. The van der Waals surface area contributed by atoms with E-state index in [1.807, 2.05) is 13.0 Å². The maximum Gasteiger partial charge on any atom is 0.226 e. The molecule has 1 heterocycles. The van der Waals surface area contributed by atoms with Gasteiger partial charge in [0.15, 0.2) is 0 Å². The van der Waals surface area contributed by atoms with Gasteiger partial charge in [0.25, 0.3) is 0 Å². The van der Waals surface area contributed by atoms with Crippen LogP contribution in [0.5, 0.6) is 0 Å². The Morgan fingerprint density at radius 2 is 2.14 bits per heavy atom. The SMILES string of the molecule is Cc1ccc(C(C)NC(=O)Cc2ccc(N)cn2)cc1F. The van der Waals surface area contributed by atoms with Crippen LogP contribution in [0.1, 0.15) is 29.8 Å². The van der Waals surface area contributed by atoms with Gasteiger partial charge in [0, 0.05) is 5.69 Å². The zero-order valence-electron chi connectivity index (χ0n) is 12.1. The molecule has 1 aromatic carbocycles. The van der Waals surface area contributed by atoms with Crippen molar-refractivity contribution in [1.82, 2.24) is 10.3 Å². The predicted octanol–water partition coefficient (Wildman–Crippen LogP) is 2.53. The molecule has 1 atom stereocenters. The second kappa shape index (κ2) is 6.35. The number of aromatic nitrogens is 1. The smallest absolute Gasteiger partial charge is 0.226 e. The predicted molar refractivity (Wildman–Crippen MR) is 80.0 cm³/mol. The van der Waals surface area contributed by atoms with Crippen LogP contribution in [0.4, 0.5) is 10.1 Å². The topological polar surface area (TPSA) is 68.0 Å². The van der Waals surface area contributed by atoms with Crippen LogP contribution in [0, 0.1) is 12.7 Å². The average molecular weight is 287 g/mol. The third kappa shape index (κ3) is 4.02. The number of nitrogen functional groups attached to an aromatic ring is 1. The van der Waals surface area contributed by atoms with Crippen LogP contribution in [0.2, 0.25) is 0 Å². The van der Waals surface area contributed by atoms with Crippen molar-refractivity contribution in [2.75, 3.05) is 5.73 Å². The molecule has 0 aliphatic carbocycles. The minimum absolute atomic E-state index is 0.166. The van der Waals surface area contributed by atoms with Crippen LogP contribution in [0.3, 0.4) is 0 Å². The van der Waals surface area contributed by atoms with E-state index < -0.39 is 0 Å². The Balaban J connectivity index is 1.98. The maximum absolute atomic E-state index is 13.5. The number of halogens is 1. The minimum Gasteiger partial charge on any atom is -0.397 e. The van der Waals surface area contributed by atoms with E-state index in [9.17, 15) is 9.18 Å². The van der Waals surface area contributed by atoms with Crippen LogP contribution in [0.25, 0.3) is 0 Å². The van der Waals surface area contributed by atoms with Gasteiger partial charge in [0.05, 0.1) is 24.3 Å². The molecule has 0 bridgehead atoms. The first-order valence-electron chi connectivity index (χ1n) is 6.71. The number of carbonyl (C=O) groups is 1. The van der Waals surface area contributed by atoms with Gasteiger partial charge < -0.3 is 11.1 Å². The molecule has 0 radical (unpaired) electrons. The third-order valence-corrected chi connectivity index (χ3v) is 3.26. The van der Waals surface area contributed by atoms with Crippen molar-refractivity contribution in [2.24, 2.45) is 0 Å². The van der Waals surface area contributed by atoms with Gasteiger partial charge in [-0.05, 0) is 43.2 Å². The van der Waals surface area contributed by atoms with Crippen molar-refractivity contribution in [1.29, 1.82) is 0 Å². The summed E-state index contributed by atoms with van der Waals surface area (Å²) in [4.78, 5) is 16.0. The molecule has 0 saturated carbocycles. The highest BCUT2D eigenvalue weighted by molar-refractivity contribution is 5.78. The highest BCUT2D eigenvalue weighted by Gasteiger charge is 2.12. The number of anilines is 1. The van der Waals surface area contributed by atoms with Crippen molar-refractivity contribution in [3.8, 4) is 0 Å². The Morgan fingerprint density at radius 3 is 2.76 bits per heavy atom. The lowest BCUT2D eigenvalue weighted by Gasteiger charge is -2.15. The molecule has 4 nitrogen and oxygen atoms in total. The Kier molecular flexibility index (Phi) is 4.52. The van der Waals surface area contributed by atoms with E-state index in [4.69, 9.17) is 5.73 Å². The number of amides is 1. The number of benzene rings is 1. The minimum atomic E-state index is -0.270. The first kappa shape index (κ1) is 15.0. The van der Waals surface area contributed by atoms with Crippen LogP contribution in [-0.2, 0) is 11.2 Å².